The van der Waals surface area contributed by atoms with Gasteiger partial charge in [0, 0.05) is 50.3 Å². The molecule has 0 N–H and O–H groups in total. The summed E-state index contributed by atoms with van der Waals surface area (Å²) in [4.78, 5) is 4.81. The fourth-order valence-corrected chi connectivity index (χ4v) is 5.03. The number of hydrogen-bond donors (Lipinski definition) is 0. The van der Waals surface area contributed by atoms with E-state index in [1.165, 1.54) is 20.2 Å². The van der Waals surface area contributed by atoms with Gasteiger partial charge >= 0.3 is 0 Å². The molecular formula is C26H17N3OS. The Morgan fingerprint density at radius 1 is 0.774 bits per heavy atom. The van der Waals surface area contributed by atoms with Crippen LogP contribution in [-0.4, -0.2) is 14.8 Å². The first kappa shape index (κ1) is 17.9. The molecule has 0 amide bonds. The summed E-state index contributed by atoms with van der Waals surface area (Å²) in [5.41, 5.74) is 2.96. The molecule has 0 aliphatic heterocycles. The minimum absolute atomic E-state index is 0.563. The Morgan fingerprint density at radius 3 is 2.58 bits per heavy atom. The average molecular weight is 420 g/mol. The van der Waals surface area contributed by atoms with Gasteiger partial charge < -0.3 is 4.74 Å². The van der Waals surface area contributed by atoms with Crippen molar-refractivity contribution in [3.05, 3.63) is 103 Å². The van der Waals surface area contributed by atoms with Crippen LogP contribution in [0, 0.1) is 0 Å². The van der Waals surface area contributed by atoms with Gasteiger partial charge in [-0.1, -0.05) is 48.5 Å². The molecule has 6 rings (SSSR count). The van der Waals surface area contributed by atoms with E-state index in [-0.39, 0.29) is 0 Å². The summed E-state index contributed by atoms with van der Waals surface area (Å²) in [6, 6.07) is 30.5. The summed E-state index contributed by atoms with van der Waals surface area (Å²) in [5, 5.41) is 6.83. The first-order chi connectivity index (χ1) is 15.3. The summed E-state index contributed by atoms with van der Waals surface area (Å²) in [6.45, 7) is 0. The fraction of sp³-hybridized carbons (Fsp3) is 0. The highest BCUT2D eigenvalue weighted by Gasteiger charge is 2.12. The van der Waals surface area contributed by atoms with E-state index in [1.807, 2.05) is 54.7 Å². The van der Waals surface area contributed by atoms with E-state index in [1.54, 1.807) is 22.2 Å². The van der Waals surface area contributed by atoms with Gasteiger partial charge in [-0.3, -0.25) is 0 Å². The number of thiophene rings is 1. The molecule has 5 heteroatoms. The highest BCUT2D eigenvalue weighted by molar-refractivity contribution is 7.26. The van der Waals surface area contributed by atoms with Gasteiger partial charge in [-0.25, -0.2) is 9.67 Å². The normalized spacial score (nSPS) is 11.2. The minimum Gasteiger partial charge on any atom is -0.439 e. The molecule has 0 radical (unpaired) electrons. The van der Waals surface area contributed by atoms with Crippen LogP contribution in [0.2, 0.25) is 0 Å². The quantitative estimate of drug-likeness (QED) is 0.306. The highest BCUT2D eigenvalue weighted by Crippen LogP contribution is 2.39. The summed E-state index contributed by atoms with van der Waals surface area (Å²) in [6.07, 6.45) is 3.66. The van der Waals surface area contributed by atoms with E-state index in [0.29, 0.717) is 5.88 Å². The van der Waals surface area contributed by atoms with E-state index < -0.39 is 0 Å². The van der Waals surface area contributed by atoms with Crippen LogP contribution in [-0.2, 0) is 0 Å². The van der Waals surface area contributed by atoms with Crippen LogP contribution in [0.15, 0.2) is 103 Å². The maximum absolute atomic E-state index is 6.10. The molecular weight excluding hydrogens is 402 g/mol. The molecule has 0 aliphatic rings. The molecule has 3 aromatic carbocycles. The molecule has 0 bridgehead atoms. The molecule has 0 fully saturated rings. The Hall–Kier alpha value is -3.96. The third kappa shape index (κ3) is 3.25. The van der Waals surface area contributed by atoms with Crippen molar-refractivity contribution in [2.45, 2.75) is 0 Å². The van der Waals surface area contributed by atoms with Gasteiger partial charge in [0.25, 0.3) is 0 Å². The Bertz CT molecular complexity index is 1520. The van der Waals surface area contributed by atoms with E-state index in [4.69, 9.17) is 9.72 Å². The van der Waals surface area contributed by atoms with Crippen molar-refractivity contribution in [2.24, 2.45) is 0 Å². The first-order valence-electron chi connectivity index (χ1n) is 10.0. The number of benzene rings is 3. The molecule has 31 heavy (non-hydrogen) atoms. The van der Waals surface area contributed by atoms with Gasteiger partial charge in [-0.15, -0.1) is 11.3 Å². The Balaban J connectivity index is 1.39. The predicted molar refractivity (Wildman–Crippen MR) is 126 cm³/mol. The second-order valence-corrected chi connectivity index (χ2v) is 8.24. The second-order valence-electron chi connectivity index (χ2n) is 7.19. The van der Waals surface area contributed by atoms with Crippen LogP contribution >= 0.6 is 11.3 Å². The largest absolute Gasteiger partial charge is 0.439 e. The Labute approximate surface area is 183 Å². The number of hydrogen-bond acceptors (Lipinski definition) is 4. The molecule has 0 saturated heterocycles. The average Bonchev–Trinajstić information content (AvgIpc) is 3.48. The molecule has 0 unspecified atom stereocenters. The monoisotopic (exact) mass is 419 g/mol. The van der Waals surface area contributed by atoms with E-state index in [2.05, 4.69) is 47.6 Å². The summed E-state index contributed by atoms with van der Waals surface area (Å²) in [7, 11) is 0. The van der Waals surface area contributed by atoms with Crippen molar-refractivity contribution in [1.82, 2.24) is 14.8 Å². The molecule has 0 atom stereocenters. The molecule has 0 saturated carbocycles. The molecule has 0 spiro atoms. The summed E-state index contributed by atoms with van der Waals surface area (Å²) >= 11 is 1.80. The van der Waals surface area contributed by atoms with E-state index in [9.17, 15) is 0 Å². The second kappa shape index (κ2) is 7.38. The van der Waals surface area contributed by atoms with Crippen molar-refractivity contribution in [3.8, 4) is 28.6 Å². The SMILES string of the molecule is c1cc(Oc2cccc(-c3cccc4c3sc3ccccc34)n2)cc(-n2cccn2)c1. The Morgan fingerprint density at radius 2 is 1.65 bits per heavy atom. The van der Waals surface area contributed by atoms with Gasteiger partial charge in [0.15, 0.2) is 0 Å². The maximum Gasteiger partial charge on any atom is 0.219 e. The molecule has 4 nitrogen and oxygen atoms in total. The van der Waals surface area contributed by atoms with Crippen LogP contribution in [0.25, 0.3) is 37.1 Å². The van der Waals surface area contributed by atoms with E-state index in [0.717, 1.165) is 22.7 Å². The summed E-state index contributed by atoms with van der Waals surface area (Å²) in [5.74, 6) is 1.28. The van der Waals surface area contributed by atoms with Crippen LogP contribution < -0.4 is 4.74 Å². The van der Waals surface area contributed by atoms with Crippen molar-refractivity contribution in [1.29, 1.82) is 0 Å². The lowest BCUT2D eigenvalue weighted by atomic mass is 10.1. The first-order valence-corrected chi connectivity index (χ1v) is 10.8. The van der Waals surface area contributed by atoms with Crippen molar-refractivity contribution in [3.63, 3.8) is 0 Å². The van der Waals surface area contributed by atoms with Crippen molar-refractivity contribution < 1.29 is 4.74 Å². The lowest BCUT2D eigenvalue weighted by Gasteiger charge is -2.09. The number of aromatic nitrogens is 3. The molecule has 0 aliphatic carbocycles. The molecule has 3 aromatic heterocycles. The fourth-order valence-electron chi connectivity index (χ4n) is 3.80. The van der Waals surface area contributed by atoms with Gasteiger partial charge in [-0.05, 0) is 30.3 Å². The van der Waals surface area contributed by atoms with E-state index >= 15 is 0 Å². The lowest BCUT2D eigenvalue weighted by Crippen LogP contribution is -1.95. The predicted octanol–water partition coefficient (Wildman–Crippen LogP) is 7.09. The number of nitrogens with zero attached hydrogens (tertiary/aromatic N) is 3. The van der Waals surface area contributed by atoms with Gasteiger partial charge in [-0.2, -0.15) is 5.10 Å². The standard InChI is InChI=1S/C26H17N3OS/c1-2-13-24-20(9-1)21-10-4-11-22(26(21)31-24)23-12-5-14-25(28-23)30-19-8-3-7-18(17-19)29-16-6-15-27-29/h1-17H. The van der Waals surface area contributed by atoms with Crippen LogP contribution in [0.4, 0.5) is 0 Å². The maximum atomic E-state index is 6.10. The molecule has 3 heterocycles. The number of rotatable bonds is 4. The highest BCUT2D eigenvalue weighted by atomic mass is 32.1. The summed E-state index contributed by atoms with van der Waals surface area (Å²) < 4.78 is 10.4. The van der Waals surface area contributed by atoms with Gasteiger partial charge in [0.1, 0.15) is 5.75 Å². The van der Waals surface area contributed by atoms with Crippen LogP contribution in [0.5, 0.6) is 11.6 Å². The minimum atomic E-state index is 0.563. The van der Waals surface area contributed by atoms with Crippen molar-refractivity contribution in [2.75, 3.05) is 0 Å². The Kier molecular flexibility index (Phi) is 4.25. The van der Waals surface area contributed by atoms with Crippen molar-refractivity contribution >= 4 is 31.5 Å². The van der Waals surface area contributed by atoms with Crippen LogP contribution in [0.3, 0.4) is 0 Å². The topological polar surface area (TPSA) is 39.9 Å². The zero-order valence-corrected chi connectivity index (χ0v) is 17.3. The third-order valence-corrected chi connectivity index (χ3v) is 6.43. The van der Waals surface area contributed by atoms with Gasteiger partial charge in [0.05, 0.1) is 11.4 Å². The lowest BCUT2D eigenvalue weighted by molar-refractivity contribution is 0.463. The van der Waals surface area contributed by atoms with Crippen LogP contribution in [0.1, 0.15) is 0 Å². The van der Waals surface area contributed by atoms with Gasteiger partial charge in [0.2, 0.25) is 5.88 Å². The number of ether oxygens (including phenoxy) is 1. The number of fused-ring (bicyclic) bond motifs is 3. The third-order valence-electron chi connectivity index (χ3n) is 5.21. The smallest absolute Gasteiger partial charge is 0.219 e. The zero-order chi connectivity index (χ0) is 20.6. The zero-order valence-electron chi connectivity index (χ0n) is 16.5. The molecule has 148 valence electrons. The number of pyridine rings is 1. The molecule has 6 aromatic rings.